The van der Waals surface area contributed by atoms with E-state index in [1.54, 1.807) is 0 Å². The Hall–Kier alpha value is -1.92. The zero-order valence-electron chi connectivity index (χ0n) is 11.7. The number of thiazole rings is 1. The maximum atomic E-state index is 11.8. The fraction of sp³-hybridized carbons (Fsp3) is 0.286. The maximum Gasteiger partial charge on any atom is 0.325 e. The monoisotopic (exact) mass is 290 g/mol. The Bertz CT molecular complexity index is 579. The van der Waals surface area contributed by atoms with Gasteiger partial charge in [0.1, 0.15) is 0 Å². The third-order valence-electron chi connectivity index (χ3n) is 2.94. The molecule has 0 saturated heterocycles. The third kappa shape index (κ3) is 3.79. The van der Waals surface area contributed by atoms with Crippen molar-refractivity contribution in [3.05, 3.63) is 40.9 Å². The fourth-order valence-electron chi connectivity index (χ4n) is 1.69. The van der Waals surface area contributed by atoms with Crippen molar-refractivity contribution >= 4 is 28.2 Å². The molecule has 0 aliphatic rings. The predicted octanol–water partition coefficient (Wildman–Crippen LogP) is 3.38. The molecule has 2 aromatic rings. The van der Waals surface area contributed by atoms with Gasteiger partial charge in [0.2, 0.25) is 0 Å². The molecule has 1 unspecified atom stereocenters. The van der Waals surface area contributed by atoms with E-state index in [0.29, 0.717) is 5.13 Å². The summed E-state index contributed by atoms with van der Waals surface area (Å²) in [5.41, 5.74) is 2.83. The Morgan fingerprint density at radius 1 is 1.25 bits per heavy atom. The smallest absolute Gasteiger partial charge is 0.313 e. The van der Waals surface area contributed by atoms with Crippen molar-refractivity contribution < 1.29 is 4.79 Å². The van der Waals surface area contributed by atoms with Gasteiger partial charge in [-0.3, -0.25) is 5.32 Å². The lowest BCUT2D eigenvalue weighted by atomic mass is 10.1. The molecule has 2 rings (SSSR count). The third-order valence-corrected chi connectivity index (χ3v) is 3.82. The largest absolute Gasteiger partial charge is 0.325 e. The quantitative estimate of drug-likeness (QED) is 0.808. The van der Waals surface area contributed by atoms with Crippen LogP contribution in [-0.4, -0.2) is 18.1 Å². The molecule has 6 heteroatoms. The molecule has 1 atom stereocenters. The number of nitrogens with zero attached hydrogens (tertiary/aromatic N) is 1. The number of carbonyl (C=O) groups excluding carboxylic acids is 1. The van der Waals surface area contributed by atoms with Gasteiger partial charge in [-0.1, -0.05) is 12.1 Å². The van der Waals surface area contributed by atoms with E-state index in [1.807, 2.05) is 43.6 Å². The van der Waals surface area contributed by atoms with Gasteiger partial charge in [-0.25, -0.2) is 9.78 Å². The average molecular weight is 290 g/mol. The standard InChI is InChI=1S/C14H18N4OS/c1-9-8-20-14(16-9)18-13(19)17-12-6-4-11(5-7-12)10(2)15-3/h4-8,10,15H,1-3H3,(H2,16,17,18,19). The van der Waals surface area contributed by atoms with E-state index in [-0.39, 0.29) is 12.1 Å². The number of aryl methyl sites for hydroxylation is 1. The van der Waals surface area contributed by atoms with E-state index in [1.165, 1.54) is 16.9 Å². The van der Waals surface area contributed by atoms with E-state index in [2.05, 4.69) is 27.9 Å². The number of hydrogen-bond acceptors (Lipinski definition) is 4. The van der Waals surface area contributed by atoms with E-state index in [0.717, 1.165) is 11.4 Å². The van der Waals surface area contributed by atoms with Crippen LogP contribution in [0.4, 0.5) is 15.6 Å². The van der Waals surface area contributed by atoms with Crippen LogP contribution in [0.25, 0.3) is 0 Å². The van der Waals surface area contributed by atoms with E-state index >= 15 is 0 Å². The lowest BCUT2D eigenvalue weighted by Gasteiger charge is -2.11. The lowest BCUT2D eigenvalue weighted by molar-refractivity contribution is 0.262. The number of rotatable bonds is 4. The topological polar surface area (TPSA) is 66.0 Å². The van der Waals surface area contributed by atoms with E-state index < -0.39 is 0 Å². The Balaban J connectivity index is 1.94. The van der Waals surface area contributed by atoms with Crippen LogP contribution in [0.2, 0.25) is 0 Å². The maximum absolute atomic E-state index is 11.8. The number of anilines is 2. The molecular weight excluding hydrogens is 272 g/mol. The van der Waals surface area contributed by atoms with Crippen molar-refractivity contribution in [3.8, 4) is 0 Å². The predicted molar refractivity (Wildman–Crippen MR) is 83.4 cm³/mol. The average Bonchev–Trinajstić information content (AvgIpc) is 2.84. The molecule has 0 aliphatic carbocycles. The molecule has 20 heavy (non-hydrogen) atoms. The molecule has 0 radical (unpaired) electrons. The number of hydrogen-bond donors (Lipinski definition) is 3. The van der Waals surface area contributed by atoms with E-state index in [9.17, 15) is 4.79 Å². The molecule has 3 N–H and O–H groups in total. The molecule has 1 aromatic carbocycles. The SMILES string of the molecule is CNC(C)c1ccc(NC(=O)Nc2nc(C)cs2)cc1. The van der Waals surface area contributed by atoms with Crippen molar-refractivity contribution in [2.75, 3.05) is 17.7 Å². The number of nitrogens with one attached hydrogen (secondary N) is 3. The summed E-state index contributed by atoms with van der Waals surface area (Å²) in [5, 5.41) is 11.1. The van der Waals surface area contributed by atoms with Gasteiger partial charge in [-0.2, -0.15) is 0 Å². The van der Waals surface area contributed by atoms with Gasteiger partial charge in [0.15, 0.2) is 5.13 Å². The highest BCUT2D eigenvalue weighted by Gasteiger charge is 2.06. The van der Waals surface area contributed by atoms with Gasteiger partial charge >= 0.3 is 6.03 Å². The molecule has 1 aromatic heterocycles. The minimum atomic E-state index is -0.284. The van der Waals surface area contributed by atoms with Crippen molar-refractivity contribution in [1.82, 2.24) is 10.3 Å². The Kier molecular flexibility index (Phi) is 4.70. The summed E-state index contributed by atoms with van der Waals surface area (Å²) in [7, 11) is 1.92. The summed E-state index contributed by atoms with van der Waals surface area (Å²) < 4.78 is 0. The molecule has 2 amide bonds. The molecule has 0 spiro atoms. The normalized spacial score (nSPS) is 11.9. The molecule has 0 fully saturated rings. The van der Waals surface area contributed by atoms with Crippen molar-refractivity contribution in [2.24, 2.45) is 0 Å². The number of urea groups is 1. The Morgan fingerprint density at radius 2 is 1.95 bits per heavy atom. The molecule has 0 bridgehead atoms. The molecule has 5 nitrogen and oxygen atoms in total. The van der Waals surface area contributed by atoms with Gasteiger partial charge in [0.25, 0.3) is 0 Å². The number of aromatic nitrogens is 1. The summed E-state index contributed by atoms with van der Waals surface area (Å²) in [4.78, 5) is 16.0. The fourth-order valence-corrected chi connectivity index (χ4v) is 2.38. The number of benzene rings is 1. The minimum absolute atomic E-state index is 0.284. The van der Waals surface area contributed by atoms with Crippen molar-refractivity contribution in [3.63, 3.8) is 0 Å². The van der Waals surface area contributed by atoms with Gasteiger partial charge in [0.05, 0.1) is 5.69 Å². The van der Waals surface area contributed by atoms with Gasteiger partial charge < -0.3 is 10.6 Å². The highest BCUT2D eigenvalue weighted by atomic mass is 32.1. The highest BCUT2D eigenvalue weighted by molar-refractivity contribution is 7.13. The molecule has 1 heterocycles. The first-order chi connectivity index (χ1) is 9.58. The van der Waals surface area contributed by atoms with Crippen LogP contribution < -0.4 is 16.0 Å². The first-order valence-electron chi connectivity index (χ1n) is 6.36. The Morgan fingerprint density at radius 3 is 2.50 bits per heavy atom. The molecule has 0 aliphatic heterocycles. The van der Waals surface area contributed by atoms with Crippen LogP contribution in [-0.2, 0) is 0 Å². The second-order valence-corrected chi connectivity index (χ2v) is 5.36. The lowest BCUT2D eigenvalue weighted by Crippen LogP contribution is -2.19. The summed E-state index contributed by atoms with van der Waals surface area (Å²) in [6, 6.07) is 7.75. The first kappa shape index (κ1) is 14.5. The summed E-state index contributed by atoms with van der Waals surface area (Å²) >= 11 is 1.41. The van der Waals surface area contributed by atoms with Crippen molar-refractivity contribution in [2.45, 2.75) is 19.9 Å². The van der Waals surface area contributed by atoms with Gasteiger partial charge in [0, 0.05) is 17.1 Å². The second kappa shape index (κ2) is 6.49. The number of amides is 2. The molecule has 0 saturated carbocycles. The number of carbonyl (C=O) groups is 1. The van der Waals surface area contributed by atoms with E-state index in [4.69, 9.17) is 0 Å². The highest BCUT2D eigenvalue weighted by Crippen LogP contribution is 2.17. The zero-order valence-corrected chi connectivity index (χ0v) is 12.5. The second-order valence-electron chi connectivity index (χ2n) is 4.51. The van der Waals surface area contributed by atoms with Crippen LogP contribution in [0.1, 0.15) is 24.2 Å². The van der Waals surface area contributed by atoms with Crippen LogP contribution in [0.3, 0.4) is 0 Å². The van der Waals surface area contributed by atoms with Crippen LogP contribution in [0, 0.1) is 6.92 Å². The van der Waals surface area contributed by atoms with Crippen molar-refractivity contribution in [1.29, 1.82) is 0 Å². The van der Waals surface area contributed by atoms with Crippen LogP contribution in [0.15, 0.2) is 29.6 Å². The summed E-state index contributed by atoms with van der Waals surface area (Å²) in [6.07, 6.45) is 0. The van der Waals surface area contributed by atoms with Gasteiger partial charge in [-0.05, 0) is 38.6 Å². The zero-order chi connectivity index (χ0) is 14.5. The summed E-state index contributed by atoms with van der Waals surface area (Å²) in [5.74, 6) is 0. The molecular formula is C14H18N4OS. The van der Waals surface area contributed by atoms with Gasteiger partial charge in [-0.15, -0.1) is 11.3 Å². The van der Waals surface area contributed by atoms with Crippen LogP contribution >= 0.6 is 11.3 Å². The molecule has 106 valence electrons. The first-order valence-corrected chi connectivity index (χ1v) is 7.24. The Labute approximate surface area is 122 Å². The minimum Gasteiger partial charge on any atom is -0.313 e. The van der Waals surface area contributed by atoms with Crippen LogP contribution in [0.5, 0.6) is 0 Å². The summed E-state index contributed by atoms with van der Waals surface area (Å²) in [6.45, 7) is 3.97.